The molecule has 0 atom stereocenters. The van der Waals surface area contributed by atoms with Gasteiger partial charge in [0.2, 0.25) is 0 Å². The molecule has 1 fully saturated rings. The van der Waals surface area contributed by atoms with E-state index in [9.17, 15) is 4.79 Å². The van der Waals surface area contributed by atoms with Gasteiger partial charge in [0.25, 0.3) is 5.91 Å². The summed E-state index contributed by atoms with van der Waals surface area (Å²) in [6, 6.07) is 11.6. The summed E-state index contributed by atoms with van der Waals surface area (Å²) in [4.78, 5) is 14.4. The Morgan fingerprint density at radius 3 is 2.91 bits per heavy atom. The number of thioether (sulfide) groups is 1. The lowest BCUT2D eigenvalue weighted by Crippen LogP contribution is -2.27. The number of amides is 1. The van der Waals surface area contributed by atoms with Gasteiger partial charge in [-0.05, 0) is 24.3 Å². The van der Waals surface area contributed by atoms with Crippen LogP contribution in [-0.2, 0) is 4.79 Å². The van der Waals surface area contributed by atoms with Crippen LogP contribution < -0.4 is 0 Å². The number of hydrogen-bond donors (Lipinski definition) is 0. The zero-order chi connectivity index (χ0) is 16.4. The van der Waals surface area contributed by atoms with Crippen LogP contribution in [0.15, 0.2) is 62.8 Å². The molecule has 116 valence electrons. The van der Waals surface area contributed by atoms with E-state index >= 15 is 0 Å². The highest BCUT2D eigenvalue weighted by molar-refractivity contribution is 9.10. The summed E-state index contributed by atoms with van der Waals surface area (Å²) in [5.74, 6) is 1.26. The van der Waals surface area contributed by atoms with Crippen LogP contribution in [0.1, 0.15) is 5.76 Å². The Labute approximate surface area is 152 Å². The number of halogens is 1. The molecule has 1 aliphatic rings. The summed E-state index contributed by atoms with van der Waals surface area (Å²) in [5, 5.41) is 0. The molecular weight excluding hydrogens is 394 g/mol. The van der Waals surface area contributed by atoms with E-state index in [1.807, 2.05) is 36.4 Å². The topological polar surface area (TPSA) is 33.5 Å². The summed E-state index contributed by atoms with van der Waals surface area (Å²) >= 11 is 9.94. The molecule has 6 heteroatoms. The van der Waals surface area contributed by atoms with Crippen molar-refractivity contribution in [1.82, 2.24) is 4.90 Å². The molecule has 0 bridgehead atoms. The first-order valence-electron chi connectivity index (χ1n) is 6.80. The van der Waals surface area contributed by atoms with E-state index < -0.39 is 0 Å². The van der Waals surface area contributed by atoms with Gasteiger partial charge in [-0.3, -0.25) is 9.69 Å². The van der Waals surface area contributed by atoms with E-state index in [2.05, 4.69) is 22.5 Å². The van der Waals surface area contributed by atoms with Gasteiger partial charge in [-0.2, -0.15) is 0 Å². The third-order valence-electron chi connectivity index (χ3n) is 3.19. The quantitative estimate of drug-likeness (QED) is 0.402. The van der Waals surface area contributed by atoms with E-state index in [-0.39, 0.29) is 5.91 Å². The monoisotopic (exact) mass is 405 g/mol. The number of nitrogens with zero attached hydrogens (tertiary/aromatic N) is 1. The van der Waals surface area contributed by atoms with Crippen molar-refractivity contribution < 1.29 is 9.21 Å². The molecule has 0 spiro atoms. The Hall–Kier alpha value is -1.63. The standard InChI is InChI=1S/C17H12BrNO2S2/c1-2-8-19-16(20)15(23-17(19)22)10-13-6-7-14(21-13)11-4-3-5-12(18)9-11/h2-7,9-10H,1,8H2/b15-10-. The first-order chi connectivity index (χ1) is 11.1. The minimum atomic E-state index is -0.111. The van der Waals surface area contributed by atoms with Gasteiger partial charge >= 0.3 is 0 Å². The second-order valence-corrected chi connectivity index (χ2v) is 7.38. The van der Waals surface area contributed by atoms with Crippen molar-refractivity contribution in [2.24, 2.45) is 0 Å². The maximum absolute atomic E-state index is 12.3. The maximum atomic E-state index is 12.3. The van der Waals surface area contributed by atoms with Gasteiger partial charge in [0.05, 0.1) is 4.91 Å². The summed E-state index contributed by atoms with van der Waals surface area (Å²) < 4.78 is 7.35. The van der Waals surface area contributed by atoms with E-state index in [1.54, 1.807) is 12.2 Å². The molecule has 1 amide bonds. The van der Waals surface area contributed by atoms with E-state index in [1.165, 1.54) is 16.7 Å². The highest BCUT2D eigenvalue weighted by atomic mass is 79.9. The molecule has 3 rings (SSSR count). The SMILES string of the molecule is C=CCN1C(=O)/C(=C/c2ccc(-c3cccc(Br)c3)o2)SC1=S. The molecule has 0 N–H and O–H groups in total. The minimum Gasteiger partial charge on any atom is -0.457 e. The van der Waals surface area contributed by atoms with E-state index in [0.717, 1.165) is 15.8 Å². The second-order valence-electron chi connectivity index (χ2n) is 4.79. The predicted octanol–water partition coefficient (Wildman–Crippen LogP) is 5.10. The predicted molar refractivity (Wildman–Crippen MR) is 102 cm³/mol. The lowest BCUT2D eigenvalue weighted by atomic mass is 10.2. The molecule has 3 nitrogen and oxygen atoms in total. The first kappa shape index (κ1) is 16.2. The van der Waals surface area contributed by atoms with Gasteiger partial charge in [-0.1, -0.05) is 58.1 Å². The molecule has 0 aliphatic carbocycles. The summed E-state index contributed by atoms with van der Waals surface area (Å²) in [6.45, 7) is 4.06. The van der Waals surface area contributed by atoms with Crippen LogP contribution >= 0.6 is 39.9 Å². The van der Waals surface area contributed by atoms with Crippen molar-refractivity contribution in [1.29, 1.82) is 0 Å². The Kier molecular flexibility index (Phi) is 4.84. The summed E-state index contributed by atoms with van der Waals surface area (Å²) in [5.41, 5.74) is 0.971. The van der Waals surface area contributed by atoms with Gasteiger partial charge in [-0.15, -0.1) is 6.58 Å². The van der Waals surface area contributed by atoms with Gasteiger partial charge in [0.15, 0.2) is 0 Å². The van der Waals surface area contributed by atoms with E-state index in [4.69, 9.17) is 16.6 Å². The first-order valence-corrected chi connectivity index (χ1v) is 8.82. The molecule has 0 radical (unpaired) electrons. The van der Waals surface area contributed by atoms with Gasteiger partial charge in [0.1, 0.15) is 15.8 Å². The molecule has 1 aliphatic heterocycles. The molecule has 1 aromatic heterocycles. The number of carbonyl (C=O) groups is 1. The van der Waals surface area contributed by atoms with Crippen molar-refractivity contribution in [2.45, 2.75) is 0 Å². The number of benzene rings is 1. The number of thiocarbonyl (C=S) groups is 1. The fourth-order valence-corrected chi connectivity index (χ4v) is 3.80. The Balaban J connectivity index is 1.85. The second kappa shape index (κ2) is 6.86. The number of hydrogen-bond acceptors (Lipinski definition) is 4. The summed E-state index contributed by atoms with van der Waals surface area (Å²) in [6.07, 6.45) is 3.38. The molecule has 2 heterocycles. The average molecular weight is 406 g/mol. The van der Waals surface area contributed by atoms with Crippen molar-refractivity contribution in [3.8, 4) is 11.3 Å². The number of rotatable bonds is 4. The zero-order valence-corrected chi connectivity index (χ0v) is 15.2. The van der Waals surface area contributed by atoms with Gasteiger partial charge in [0, 0.05) is 22.7 Å². The van der Waals surface area contributed by atoms with Crippen LogP contribution in [0.25, 0.3) is 17.4 Å². The van der Waals surface area contributed by atoms with Crippen LogP contribution in [-0.4, -0.2) is 21.7 Å². The highest BCUT2D eigenvalue weighted by Gasteiger charge is 2.31. The molecule has 1 aromatic carbocycles. The minimum absolute atomic E-state index is 0.111. The van der Waals surface area contributed by atoms with Crippen LogP contribution in [0.3, 0.4) is 0 Å². The van der Waals surface area contributed by atoms with Crippen LogP contribution in [0.2, 0.25) is 0 Å². The van der Waals surface area contributed by atoms with Crippen molar-refractivity contribution in [2.75, 3.05) is 6.54 Å². The fraction of sp³-hybridized carbons (Fsp3) is 0.0588. The Morgan fingerprint density at radius 2 is 2.17 bits per heavy atom. The van der Waals surface area contributed by atoms with Gasteiger partial charge in [-0.25, -0.2) is 0 Å². The average Bonchev–Trinajstić information content (AvgIpc) is 3.09. The third kappa shape index (κ3) is 3.49. The normalized spacial score (nSPS) is 16.4. The van der Waals surface area contributed by atoms with Crippen LogP contribution in [0.4, 0.5) is 0 Å². The maximum Gasteiger partial charge on any atom is 0.266 e. The lowest BCUT2D eigenvalue weighted by Gasteiger charge is -2.10. The van der Waals surface area contributed by atoms with Crippen molar-refractivity contribution in [3.63, 3.8) is 0 Å². The van der Waals surface area contributed by atoms with Crippen LogP contribution in [0.5, 0.6) is 0 Å². The lowest BCUT2D eigenvalue weighted by molar-refractivity contribution is -0.121. The number of carbonyl (C=O) groups excluding carboxylic acids is 1. The van der Waals surface area contributed by atoms with Crippen molar-refractivity contribution in [3.05, 3.63) is 64.2 Å². The van der Waals surface area contributed by atoms with Gasteiger partial charge < -0.3 is 4.42 Å². The summed E-state index contributed by atoms with van der Waals surface area (Å²) in [7, 11) is 0. The van der Waals surface area contributed by atoms with E-state index in [0.29, 0.717) is 21.5 Å². The molecule has 23 heavy (non-hydrogen) atoms. The number of furan rings is 1. The van der Waals surface area contributed by atoms with Crippen LogP contribution in [0, 0.1) is 0 Å². The molecule has 1 saturated heterocycles. The molecule has 0 unspecified atom stereocenters. The molecule has 2 aromatic rings. The van der Waals surface area contributed by atoms with Crippen molar-refractivity contribution >= 4 is 56.2 Å². The third-order valence-corrected chi connectivity index (χ3v) is 5.07. The molecule has 0 saturated carbocycles. The fourth-order valence-electron chi connectivity index (χ4n) is 2.14. The largest absolute Gasteiger partial charge is 0.457 e. The Bertz CT molecular complexity index is 826. The smallest absolute Gasteiger partial charge is 0.266 e. The Morgan fingerprint density at radius 1 is 1.35 bits per heavy atom. The zero-order valence-electron chi connectivity index (χ0n) is 12.0. The highest BCUT2D eigenvalue weighted by Crippen LogP contribution is 2.33. The molecular formula is C17H12BrNO2S2.